The highest BCUT2D eigenvalue weighted by atomic mass is 16.5. The molecule has 1 atom stereocenters. The lowest BCUT2D eigenvalue weighted by Crippen LogP contribution is -2.27. The first-order chi connectivity index (χ1) is 10.2. The van der Waals surface area contributed by atoms with Crippen LogP contribution in [0.2, 0.25) is 0 Å². The van der Waals surface area contributed by atoms with Gasteiger partial charge in [0.05, 0.1) is 14.2 Å². The third kappa shape index (κ3) is 2.58. The molecule has 0 saturated carbocycles. The van der Waals surface area contributed by atoms with Gasteiger partial charge in [0.15, 0.2) is 17.3 Å². The highest BCUT2D eigenvalue weighted by Gasteiger charge is 2.21. The Morgan fingerprint density at radius 3 is 2.81 bits per heavy atom. The van der Waals surface area contributed by atoms with E-state index < -0.39 is 0 Å². The molecule has 1 aliphatic rings. The van der Waals surface area contributed by atoms with Gasteiger partial charge in [0, 0.05) is 18.5 Å². The number of ether oxygens (including phenoxy) is 2. The van der Waals surface area contributed by atoms with Gasteiger partial charge in [-0.05, 0) is 37.1 Å². The Morgan fingerprint density at radius 1 is 1.29 bits per heavy atom. The molecule has 0 radical (unpaired) electrons. The van der Waals surface area contributed by atoms with Gasteiger partial charge in [0.25, 0.3) is 0 Å². The van der Waals surface area contributed by atoms with Gasteiger partial charge < -0.3 is 15.2 Å². The normalized spacial score (nSPS) is 17.4. The van der Waals surface area contributed by atoms with E-state index in [1.54, 1.807) is 14.2 Å². The topological polar surface area (TPSA) is 75.2 Å². The number of hydrogen-bond acceptors (Lipinski definition) is 5. The van der Waals surface area contributed by atoms with Crippen molar-refractivity contribution < 1.29 is 9.47 Å². The molecule has 1 aliphatic heterocycles. The summed E-state index contributed by atoms with van der Waals surface area (Å²) in [4.78, 5) is 4.64. The zero-order chi connectivity index (χ0) is 14.8. The van der Waals surface area contributed by atoms with Crippen molar-refractivity contribution in [2.45, 2.75) is 19.4 Å². The Kier molecular flexibility index (Phi) is 3.79. The van der Waals surface area contributed by atoms with E-state index >= 15 is 0 Å². The second-order valence-corrected chi connectivity index (χ2v) is 5.24. The number of benzene rings is 1. The van der Waals surface area contributed by atoms with Crippen LogP contribution in [0.3, 0.4) is 0 Å². The van der Waals surface area contributed by atoms with E-state index in [1.807, 2.05) is 22.9 Å². The van der Waals surface area contributed by atoms with Gasteiger partial charge in [-0.2, -0.15) is 5.10 Å². The van der Waals surface area contributed by atoms with E-state index in [0.717, 1.165) is 36.6 Å². The van der Waals surface area contributed by atoms with Crippen molar-refractivity contribution >= 4 is 0 Å². The molecule has 0 aliphatic carbocycles. The maximum absolute atomic E-state index is 5.76. The quantitative estimate of drug-likeness (QED) is 0.922. The first-order valence-corrected chi connectivity index (χ1v) is 7.11. The average molecular weight is 288 g/mol. The van der Waals surface area contributed by atoms with Crippen molar-refractivity contribution in [1.82, 2.24) is 14.8 Å². The van der Waals surface area contributed by atoms with Crippen LogP contribution >= 0.6 is 0 Å². The van der Waals surface area contributed by atoms with Crippen molar-refractivity contribution in [2.24, 2.45) is 11.7 Å². The van der Waals surface area contributed by atoms with E-state index in [2.05, 4.69) is 10.1 Å². The molecule has 21 heavy (non-hydrogen) atoms. The van der Waals surface area contributed by atoms with Crippen LogP contribution in [0.5, 0.6) is 11.5 Å². The highest BCUT2D eigenvalue weighted by Crippen LogP contribution is 2.31. The van der Waals surface area contributed by atoms with Crippen molar-refractivity contribution in [3.05, 3.63) is 24.0 Å². The summed E-state index contributed by atoms with van der Waals surface area (Å²) in [5, 5.41) is 4.60. The van der Waals surface area contributed by atoms with Gasteiger partial charge in [0.1, 0.15) is 5.82 Å². The molecule has 112 valence electrons. The molecule has 6 nitrogen and oxygen atoms in total. The minimum atomic E-state index is 0.498. The van der Waals surface area contributed by atoms with Crippen LogP contribution in [-0.4, -0.2) is 35.5 Å². The summed E-state index contributed by atoms with van der Waals surface area (Å²) in [6.07, 6.45) is 2.02. The van der Waals surface area contributed by atoms with Gasteiger partial charge in [-0.15, -0.1) is 0 Å². The molecule has 0 fully saturated rings. The standard InChI is InChI=1S/C15H20N4O2/c1-20-12-5-4-11(7-13(12)21-2)15-17-14-6-3-10(8-16)9-19(14)18-15/h4-5,7,10H,3,6,8-9,16H2,1-2H3. The molecule has 2 aromatic rings. The number of nitrogens with two attached hydrogens (primary N) is 1. The molecule has 0 bridgehead atoms. The summed E-state index contributed by atoms with van der Waals surface area (Å²) in [5.41, 5.74) is 6.69. The number of aromatic nitrogens is 3. The van der Waals surface area contributed by atoms with Crippen molar-refractivity contribution in [1.29, 1.82) is 0 Å². The van der Waals surface area contributed by atoms with Crippen LogP contribution in [0, 0.1) is 5.92 Å². The molecule has 2 N–H and O–H groups in total. The number of fused-ring (bicyclic) bond motifs is 1. The fourth-order valence-corrected chi connectivity index (χ4v) is 2.66. The first-order valence-electron chi connectivity index (χ1n) is 7.11. The van der Waals surface area contributed by atoms with Gasteiger partial charge >= 0.3 is 0 Å². The highest BCUT2D eigenvalue weighted by molar-refractivity contribution is 5.61. The molecule has 6 heteroatoms. The predicted octanol–water partition coefficient (Wildman–Crippen LogP) is 1.48. The van der Waals surface area contributed by atoms with Crippen LogP contribution in [0.4, 0.5) is 0 Å². The summed E-state index contributed by atoms with van der Waals surface area (Å²) in [6, 6.07) is 5.72. The van der Waals surface area contributed by atoms with Crippen molar-refractivity contribution in [3.63, 3.8) is 0 Å². The minimum Gasteiger partial charge on any atom is -0.493 e. The minimum absolute atomic E-state index is 0.498. The monoisotopic (exact) mass is 288 g/mol. The molecular formula is C15H20N4O2. The van der Waals surface area contributed by atoms with E-state index in [1.165, 1.54) is 0 Å². The summed E-state index contributed by atoms with van der Waals surface area (Å²) in [5.74, 6) is 3.64. The Bertz CT molecular complexity index is 639. The lowest BCUT2D eigenvalue weighted by atomic mass is 10.0. The fourth-order valence-electron chi connectivity index (χ4n) is 2.66. The van der Waals surface area contributed by atoms with Gasteiger partial charge in [-0.1, -0.05) is 0 Å². The lowest BCUT2D eigenvalue weighted by Gasteiger charge is -2.20. The summed E-state index contributed by atoms with van der Waals surface area (Å²) in [7, 11) is 3.25. The Labute approximate surface area is 123 Å². The number of hydrogen-bond donors (Lipinski definition) is 1. The zero-order valence-electron chi connectivity index (χ0n) is 12.4. The van der Waals surface area contributed by atoms with Crippen LogP contribution in [0.15, 0.2) is 18.2 Å². The van der Waals surface area contributed by atoms with E-state index in [0.29, 0.717) is 24.0 Å². The maximum Gasteiger partial charge on any atom is 0.181 e. The van der Waals surface area contributed by atoms with E-state index in [-0.39, 0.29) is 0 Å². The lowest BCUT2D eigenvalue weighted by molar-refractivity contribution is 0.350. The molecule has 1 unspecified atom stereocenters. The molecule has 0 spiro atoms. The Hall–Kier alpha value is -2.08. The number of methoxy groups -OCH3 is 2. The third-order valence-electron chi connectivity index (χ3n) is 3.93. The van der Waals surface area contributed by atoms with Crippen LogP contribution in [0.25, 0.3) is 11.4 Å². The Balaban J connectivity index is 1.93. The molecule has 1 aromatic carbocycles. The third-order valence-corrected chi connectivity index (χ3v) is 3.93. The van der Waals surface area contributed by atoms with Gasteiger partial charge in [-0.25, -0.2) is 9.67 Å². The summed E-state index contributed by atoms with van der Waals surface area (Å²) >= 11 is 0. The molecule has 2 heterocycles. The average Bonchev–Trinajstić information content (AvgIpc) is 2.96. The summed E-state index contributed by atoms with van der Waals surface area (Å²) < 4.78 is 12.6. The number of rotatable bonds is 4. The molecule has 3 rings (SSSR count). The number of nitrogens with zero attached hydrogens (tertiary/aromatic N) is 3. The predicted molar refractivity (Wildman–Crippen MR) is 79.4 cm³/mol. The Morgan fingerprint density at radius 2 is 2.10 bits per heavy atom. The molecule has 0 saturated heterocycles. The maximum atomic E-state index is 5.76. The molecular weight excluding hydrogens is 268 g/mol. The smallest absolute Gasteiger partial charge is 0.181 e. The molecule has 1 aromatic heterocycles. The van der Waals surface area contributed by atoms with Crippen LogP contribution < -0.4 is 15.2 Å². The van der Waals surface area contributed by atoms with E-state index in [4.69, 9.17) is 15.2 Å². The zero-order valence-corrected chi connectivity index (χ0v) is 12.4. The SMILES string of the molecule is COc1ccc(-c2nc3n(n2)CC(CN)CC3)cc1OC. The van der Waals surface area contributed by atoms with Crippen molar-refractivity contribution in [2.75, 3.05) is 20.8 Å². The largest absolute Gasteiger partial charge is 0.493 e. The molecule has 0 amide bonds. The van der Waals surface area contributed by atoms with Crippen molar-refractivity contribution in [3.8, 4) is 22.9 Å². The first kappa shape index (κ1) is 13.9. The fraction of sp³-hybridized carbons (Fsp3) is 0.467. The van der Waals surface area contributed by atoms with Crippen LogP contribution in [0.1, 0.15) is 12.2 Å². The summed E-state index contributed by atoms with van der Waals surface area (Å²) in [6.45, 7) is 1.55. The second kappa shape index (κ2) is 5.73. The van der Waals surface area contributed by atoms with Gasteiger partial charge in [-0.3, -0.25) is 0 Å². The second-order valence-electron chi connectivity index (χ2n) is 5.24. The van der Waals surface area contributed by atoms with Crippen LogP contribution in [-0.2, 0) is 13.0 Å². The number of aryl methyl sites for hydroxylation is 1. The van der Waals surface area contributed by atoms with E-state index in [9.17, 15) is 0 Å². The van der Waals surface area contributed by atoms with Gasteiger partial charge in [0.2, 0.25) is 0 Å².